The van der Waals surface area contributed by atoms with Crippen molar-refractivity contribution in [1.29, 1.82) is 0 Å². The van der Waals surface area contributed by atoms with Crippen LogP contribution in [0.1, 0.15) is 55.3 Å². The van der Waals surface area contributed by atoms with E-state index in [2.05, 4.69) is 15.5 Å². The Labute approximate surface area is 197 Å². The Balaban J connectivity index is 1.68. The second kappa shape index (κ2) is 11.3. The first-order valence-corrected chi connectivity index (χ1v) is 11.5. The number of furan rings is 1. The molecule has 2 heterocycles. The standard InChI is InChI=1S/C23H29ClN4O5/c1-15(2)21(26-22(29)17-9-8-16(28(31)32)13-18(17)24)23(30)25-14-19(20-7-6-12-33-20)27-10-4-3-5-11-27/h6-9,12-13,15,19,21H,3-5,10-11,14H2,1-2H3,(H,25,30)(H,26,29). The molecular weight excluding hydrogens is 448 g/mol. The van der Waals surface area contributed by atoms with Gasteiger partial charge in [0.05, 0.1) is 27.8 Å². The zero-order valence-corrected chi connectivity index (χ0v) is 19.5. The quantitative estimate of drug-likeness (QED) is 0.418. The number of hydrogen-bond donors (Lipinski definition) is 2. The highest BCUT2D eigenvalue weighted by atomic mass is 35.5. The molecule has 178 valence electrons. The van der Waals surface area contributed by atoms with Crippen LogP contribution >= 0.6 is 11.6 Å². The first-order valence-electron chi connectivity index (χ1n) is 11.1. The van der Waals surface area contributed by atoms with Gasteiger partial charge in [0.2, 0.25) is 5.91 Å². The number of carbonyl (C=O) groups is 2. The van der Waals surface area contributed by atoms with E-state index < -0.39 is 16.9 Å². The first-order chi connectivity index (χ1) is 15.8. The minimum Gasteiger partial charge on any atom is -0.468 e. The fourth-order valence-electron chi connectivity index (χ4n) is 3.98. The normalized spacial score (nSPS) is 16.2. The molecule has 0 bridgehead atoms. The third kappa shape index (κ3) is 6.33. The van der Waals surface area contributed by atoms with Crippen molar-refractivity contribution in [2.45, 2.75) is 45.2 Å². The molecule has 10 heteroatoms. The summed E-state index contributed by atoms with van der Waals surface area (Å²) in [5.41, 5.74) is -0.140. The summed E-state index contributed by atoms with van der Waals surface area (Å²) in [6.45, 7) is 5.88. The lowest BCUT2D eigenvalue weighted by Crippen LogP contribution is -2.51. The smallest absolute Gasteiger partial charge is 0.270 e. The molecule has 0 radical (unpaired) electrons. The fraction of sp³-hybridized carbons (Fsp3) is 0.478. The van der Waals surface area contributed by atoms with Gasteiger partial charge in [-0.3, -0.25) is 24.6 Å². The number of halogens is 1. The van der Waals surface area contributed by atoms with Crippen molar-refractivity contribution in [1.82, 2.24) is 15.5 Å². The molecular formula is C23H29ClN4O5. The number of benzene rings is 1. The van der Waals surface area contributed by atoms with Crippen LogP contribution in [0.15, 0.2) is 41.0 Å². The minimum atomic E-state index is -0.803. The number of nitro groups is 1. The van der Waals surface area contributed by atoms with Gasteiger partial charge in [-0.25, -0.2) is 0 Å². The summed E-state index contributed by atoms with van der Waals surface area (Å²) in [4.78, 5) is 38.4. The summed E-state index contributed by atoms with van der Waals surface area (Å²) >= 11 is 6.07. The van der Waals surface area contributed by atoms with Crippen LogP contribution in [-0.4, -0.2) is 47.3 Å². The van der Waals surface area contributed by atoms with Crippen molar-refractivity contribution >= 4 is 29.1 Å². The van der Waals surface area contributed by atoms with Gasteiger partial charge in [-0.15, -0.1) is 0 Å². The molecule has 1 saturated heterocycles. The van der Waals surface area contributed by atoms with Crippen molar-refractivity contribution in [2.75, 3.05) is 19.6 Å². The largest absolute Gasteiger partial charge is 0.468 e. The van der Waals surface area contributed by atoms with Crippen LogP contribution in [0.4, 0.5) is 5.69 Å². The van der Waals surface area contributed by atoms with Gasteiger partial charge in [0, 0.05) is 18.7 Å². The number of nitro benzene ring substituents is 1. The number of nitrogens with one attached hydrogen (secondary N) is 2. The second-order valence-corrected chi connectivity index (χ2v) is 8.90. The molecule has 2 unspecified atom stereocenters. The molecule has 3 rings (SSSR count). The number of amides is 2. The van der Waals surface area contributed by atoms with E-state index in [1.807, 2.05) is 26.0 Å². The van der Waals surface area contributed by atoms with E-state index in [0.717, 1.165) is 37.8 Å². The Hall–Kier alpha value is -2.91. The Morgan fingerprint density at radius 1 is 1.21 bits per heavy atom. The van der Waals surface area contributed by atoms with E-state index in [4.69, 9.17) is 16.0 Å². The van der Waals surface area contributed by atoms with Gasteiger partial charge < -0.3 is 15.1 Å². The van der Waals surface area contributed by atoms with Gasteiger partial charge >= 0.3 is 0 Å². The average molecular weight is 477 g/mol. The summed E-state index contributed by atoms with van der Waals surface area (Å²) in [7, 11) is 0. The monoisotopic (exact) mass is 476 g/mol. The van der Waals surface area contributed by atoms with E-state index >= 15 is 0 Å². The fourth-order valence-corrected chi connectivity index (χ4v) is 4.24. The second-order valence-electron chi connectivity index (χ2n) is 8.49. The molecule has 9 nitrogen and oxygen atoms in total. The average Bonchev–Trinajstić information content (AvgIpc) is 3.32. The summed E-state index contributed by atoms with van der Waals surface area (Å²) in [5, 5.41) is 16.5. The third-order valence-electron chi connectivity index (χ3n) is 5.82. The zero-order chi connectivity index (χ0) is 24.0. The number of hydrogen-bond acceptors (Lipinski definition) is 6. The molecule has 0 aliphatic carbocycles. The van der Waals surface area contributed by atoms with Crippen LogP contribution < -0.4 is 10.6 Å². The highest BCUT2D eigenvalue weighted by Crippen LogP contribution is 2.25. The number of likely N-dealkylation sites (tertiary alicyclic amines) is 1. The highest BCUT2D eigenvalue weighted by Gasteiger charge is 2.29. The van der Waals surface area contributed by atoms with Crippen molar-refractivity contribution in [3.05, 3.63) is 63.1 Å². The van der Waals surface area contributed by atoms with Gasteiger partial charge in [0.15, 0.2) is 0 Å². The Bertz CT molecular complexity index is 973. The van der Waals surface area contributed by atoms with Crippen LogP contribution in [0.5, 0.6) is 0 Å². The van der Waals surface area contributed by atoms with Crippen LogP contribution in [0, 0.1) is 16.0 Å². The third-order valence-corrected chi connectivity index (χ3v) is 6.13. The lowest BCUT2D eigenvalue weighted by Gasteiger charge is -2.34. The molecule has 1 aliphatic rings. The predicted octanol–water partition coefficient (Wildman–Crippen LogP) is 3.94. The molecule has 1 fully saturated rings. The van der Waals surface area contributed by atoms with Gasteiger partial charge in [-0.2, -0.15) is 0 Å². The molecule has 0 saturated carbocycles. The van der Waals surface area contributed by atoms with Crippen molar-refractivity contribution < 1.29 is 18.9 Å². The topological polar surface area (TPSA) is 118 Å². The molecule has 33 heavy (non-hydrogen) atoms. The number of rotatable bonds is 9. The van der Waals surface area contributed by atoms with Crippen LogP contribution in [0.25, 0.3) is 0 Å². The maximum absolute atomic E-state index is 13.0. The molecule has 2 aromatic rings. The van der Waals surface area contributed by atoms with Gasteiger partial charge in [-0.1, -0.05) is 31.9 Å². The maximum atomic E-state index is 13.0. The molecule has 1 aliphatic heterocycles. The Kier molecular flexibility index (Phi) is 8.46. The van der Waals surface area contributed by atoms with Crippen LogP contribution in [0.2, 0.25) is 5.02 Å². The van der Waals surface area contributed by atoms with E-state index in [1.54, 1.807) is 6.26 Å². The number of non-ortho nitro benzene ring substituents is 1. The lowest BCUT2D eigenvalue weighted by molar-refractivity contribution is -0.384. The summed E-state index contributed by atoms with van der Waals surface area (Å²) in [5.74, 6) is -0.282. The SMILES string of the molecule is CC(C)C(NC(=O)c1ccc([N+](=O)[O-])cc1Cl)C(=O)NCC(c1ccco1)N1CCCCC1. The van der Waals surface area contributed by atoms with Gasteiger partial charge in [-0.05, 0) is 50.0 Å². The summed E-state index contributed by atoms with van der Waals surface area (Å²) in [6, 6.07) is 6.46. The molecule has 1 aromatic heterocycles. The molecule has 2 N–H and O–H groups in total. The number of nitrogens with zero attached hydrogens (tertiary/aromatic N) is 2. The van der Waals surface area contributed by atoms with E-state index in [1.165, 1.54) is 18.6 Å². The number of carbonyl (C=O) groups excluding carboxylic acids is 2. The van der Waals surface area contributed by atoms with Crippen LogP contribution in [0.3, 0.4) is 0 Å². The van der Waals surface area contributed by atoms with E-state index in [0.29, 0.717) is 6.54 Å². The molecule has 1 aromatic carbocycles. The van der Waals surface area contributed by atoms with E-state index in [9.17, 15) is 19.7 Å². The first kappa shape index (κ1) is 24.7. The van der Waals surface area contributed by atoms with Gasteiger partial charge in [0.25, 0.3) is 11.6 Å². The minimum absolute atomic E-state index is 0.0485. The molecule has 0 spiro atoms. The van der Waals surface area contributed by atoms with Gasteiger partial charge in [0.1, 0.15) is 11.8 Å². The maximum Gasteiger partial charge on any atom is 0.270 e. The highest BCUT2D eigenvalue weighted by molar-refractivity contribution is 6.34. The van der Waals surface area contributed by atoms with Crippen LogP contribution in [-0.2, 0) is 4.79 Å². The molecule has 2 atom stereocenters. The Morgan fingerprint density at radius 3 is 2.52 bits per heavy atom. The number of piperidine rings is 1. The predicted molar refractivity (Wildman–Crippen MR) is 124 cm³/mol. The zero-order valence-electron chi connectivity index (χ0n) is 18.8. The van der Waals surface area contributed by atoms with Crippen molar-refractivity contribution in [3.8, 4) is 0 Å². The Morgan fingerprint density at radius 2 is 1.94 bits per heavy atom. The van der Waals surface area contributed by atoms with E-state index in [-0.39, 0.29) is 34.1 Å². The van der Waals surface area contributed by atoms with Crippen molar-refractivity contribution in [2.24, 2.45) is 5.92 Å². The summed E-state index contributed by atoms with van der Waals surface area (Å²) < 4.78 is 5.63. The summed E-state index contributed by atoms with van der Waals surface area (Å²) in [6.07, 6.45) is 5.03. The molecule has 2 amide bonds. The lowest BCUT2D eigenvalue weighted by atomic mass is 10.0. The van der Waals surface area contributed by atoms with Crippen molar-refractivity contribution in [3.63, 3.8) is 0 Å².